The molecule has 2 amide bonds. The number of aliphatic carboxylic acids is 1. The average molecular weight is 214 g/mol. The van der Waals surface area contributed by atoms with Crippen molar-refractivity contribution in [3.63, 3.8) is 0 Å². The fourth-order valence-electron chi connectivity index (χ4n) is 1.00. The van der Waals surface area contributed by atoms with Crippen molar-refractivity contribution >= 4 is 17.8 Å². The van der Waals surface area contributed by atoms with Gasteiger partial charge in [0.2, 0.25) is 11.8 Å². The first-order chi connectivity index (χ1) is 7.02. The summed E-state index contributed by atoms with van der Waals surface area (Å²) < 4.78 is 0. The van der Waals surface area contributed by atoms with Crippen molar-refractivity contribution in [2.75, 3.05) is 13.1 Å². The second kappa shape index (κ2) is 6.72. The summed E-state index contributed by atoms with van der Waals surface area (Å²) >= 11 is 0. The number of carbonyl (C=O) groups excluding carboxylic acids is 2. The van der Waals surface area contributed by atoms with Gasteiger partial charge in [-0.1, -0.05) is 6.58 Å². The van der Waals surface area contributed by atoms with E-state index in [1.54, 1.807) is 0 Å². The van der Waals surface area contributed by atoms with Crippen molar-refractivity contribution in [1.82, 2.24) is 4.90 Å². The summed E-state index contributed by atoms with van der Waals surface area (Å²) in [6.07, 6.45) is 1.55. The fraction of sp³-hybridized carbons (Fsp3) is 0.444. The maximum atomic E-state index is 10.8. The Morgan fingerprint density at radius 1 is 1.47 bits per heavy atom. The molecule has 3 N–H and O–H groups in total. The molecule has 0 bridgehead atoms. The van der Waals surface area contributed by atoms with E-state index in [0.29, 0.717) is 25.9 Å². The van der Waals surface area contributed by atoms with Crippen molar-refractivity contribution < 1.29 is 19.5 Å². The van der Waals surface area contributed by atoms with Crippen LogP contribution in [0, 0.1) is 0 Å². The highest BCUT2D eigenvalue weighted by atomic mass is 16.4. The number of hydrogen-bond donors (Lipinski definition) is 2. The molecule has 1 saturated heterocycles. The van der Waals surface area contributed by atoms with Crippen molar-refractivity contribution in [1.29, 1.82) is 0 Å². The lowest BCUT2D eigenvalue weighted by molar-refractivity contribution is -0.138. The van der Waals surface area contributed by atoms with E-state index in [4.69, 9.17) is 10.8 Å². The van der Waals surface area contributed by atoms with E-state index >= 15 is 0 Å². The molecule has 0 aromatic rings. The van der Waals surface area contributed by atoms with Crippen LogP contribution in [0.1, 0.15) is 12.8 Å². The van der Waals surface area contributed by atoms with E-state index in [1.807, 2.05) is 0 Å². The third-order valence-electron chi connectivity index (χ3n) is 1.68. The van der Waals surface area contributed by atoms with Gasteiger partial charge in [0.25, 0.3) is 0 Å². The monoisotopic (exact) mass is 214 g/mol. The summed E-state index contributed by atoms with van der Waals surface area (Å²) in [4.78, 5) is 32.1. The van der Waals surface area contributed by atoms with Crippen LogP contribution in [0.2, 0.25) is 0 Å². The summed E-state index contributed by atoms with van der Waals surface area (Å²) in [5, 5.41) is 7.60. The van der Waals surface area contributed by atoms with E-state index in [9.17, 15) is 14.4 Å². The third-order valence-corrected chi connectivity index (χ3v) is 1.68. The molecule has 0 radical (unpaired) electrons. The Bertz CT molecular complexity index is 259. The standard InChI is InChI=1S/C6H10N2O2.C3H4O2/c7-3-4-8-5(9)1-2-6(8)10;1-2-3(4)5/h1-4,7H2;2H,1H2,(H,4,5). The Kier molecular flexibility index (Phi) is 5.96. The molecule has 1 aliphatic rings. The van der Waals surface area contributed by atoms with Gasteiger partial charge >= 0.3 is 5.97 Å². The molecule has 0 aromatic carbocycles. The lowest BCUT2D eigenvalue weighted by Crippen LogP contribution is -2.33. The molecule has 0 aromatic heterocycles. The Morgan fingerprint density at radius 2 is 1.87 bits per heavy atom. The molecular weight excluding hydrogens is 200 g/mol. The van der Waals surface area contributed by atoms with Gasteiger partial charge in [-0.05, 0) is 0 Å². The van der Waals surface area contributed by atoms with Gasteiger partial charge in [0.15, 0.2) is 0 Å². The van der Waals surface area contributed by atoms with E-state index < -0.39 is 5.97 Å². The molecule has 6 nitrogen and oxygen atoms in total. The molecule has 0 aliphatic carbocycles. The number of carboxylic acids is 1. The van der Waals surface area contributed by atoms with E-state index in [0.717, 1.165) is 6.08 Å². The van der Waals surface area contributed by atoms with Gasteiger partial charge in [0.1, 0.15) is 0 Å². The quantitative estimate of drug-likeness (QED) is 0.480. The fourth-order valence-corrected chi connectivity index (χ4v) is 1.00. The highest BCUT2D eigenvalue weighted by Gasteiger charge is 2.27. The van der Waals surface area contributed by atoms with E-state index in [-0.39, 0.29) is 11.8 Å². The zero-order valence-electron chi connectivity index (χ0n) is 8.31. The third kappa shape index (κ3) is 4.92. The molecule has 0 spiro atoms. The highest BCUT2D eigenvalue weighted by molar-refractivity contribution is 6.01. The van der Waals surface area contributed by atoms with Crippen molar-refractivity contribution in [2.45, 2.75) is 12.8 Å². The number of carboxylic acid groups (broad SMARTS) is 1. The van der Waals surface area contributed by atoms with Crippen LogP contribution < -0.4 is 5.73 Å². The number of likely N-dealkylation sites (tertiary alicyclic amines) is 1. The second-order valence-corrected chi connectivity index (χ2v) is 2.77. The molecule has 15 heavy (non-hydrogen) atoms. The zero-order chi connectivity index (χ0) is 11.8. The van der Waals surface area contributed by atoms with Crippen LogP contribution in [0.3, 0.4) is 0 Å². The first-order valence-corrected chi connectivity index (χ1v) is 4.41. The van der Waals surface area contributed by atoms with Gasteiger partial charge in [-0.25, -0.2) is 4.79 Å². The van der Waals surface area contributed by atoms with Crippen LogP contribution in [0.4, 0.5) is 0 Å². The Hall–Kier alpha value is -1.69. The van der Waals surface area contributed by atoms with Crippen LogP contribution in [-0.4, -0.2) is 40.9 Å². The maximum absolute atomic E-state index is 10.8. The molecule has 1 fully saturated rings. The van der Waals surface area contributed by atoms with Crippen LogP contribution >= 0.6 is 0 Å². The second-order valence-electron chi connectivity index (χ2n) is 2.77. The highest BCUT2D eigenvalue weighted by Crippen LogP contribution is 2.09. The molecular formula is C9H14N2O4. The maximum Gasteiger partial charge on any atom is 0.327 e. The Balaban J connectivity index is 0.000000336. The summed E-state index contributed by atoms with van der Waals surface area (Å²) in [7, 11) is 0. The van der Waals surface area contributed by atoms with Crippen LogP contribution in [0.5, 0.6) is 0 Å². The van der Waals surface area contributed by atoms with Crippen LogP contribution in [-0.2, 0) is 14.4 Å². The first-order valence-electron chi connectivity index (χ1n) is 4.41. The molecule has 1 aliphatic heterocycles. The number of hydrogen-bond acceptors (Lipinski definition) is 4. The number of amides is 2. The van der Waals surface area contributed by atoms with Crippen LogP contribution in [0.25, 0.3) is 0 Å². The normalized spacial score (nSPS) is 14.6. The number of imide groups is 1. The van der Waals surface area contributed by atoms with Crippen LogP contribution in [0.15, 0.2) is 12.7 Å². The molecule has 1 rings (SSSR count). The first kappa shape index (κ1) is 13.3. The summed E-state index contributed by atoms with van der Waals surface area (Å²) in [6, 6.07) is 0. The van der Waals surface area contributed by atoms with Gasteiger partial charge < -0.3 is 10.8 Å². The number of carbonyl (C=O) groups is 3. The van der Waals surface area contributed by atoms with Gasteiger partial charge in [0, 0.05) is 32.0 Å². The van der Waals surface area contributed by atoms with Crippen molar-refractivity contribution in [2.24, 2.45) is 5.73 Å². The minimum Gasteiger partial charge on any atom is -0.478 e. The topological polar surface area (TPSA) is 101 Å². The predicted octanol–water partition coefficient (Wildman–Crippen LogP) is -0.649. The lowest BCUT2D eigenvalue weighted by Gasteiger charge is -2.10. The Labute approximate surface area is 87.3 Å². The molecule has 84 valence electrons. The van der Waals surface area contributed by atoms with Gasteiger partial charge in [-0.15, -0.1) is 0 Å². The number of rotatable bonds is 3. The van der Waals surface area contributed by atoms with Gasteiger partial charge in [-0.2, -0.15) is 0 Å². The zero-order valence-corrected chi connectivity index (χ0v) is 8.31. The summed E-state index contributed by atoms with van der Waals surface area (Å²) in [6.45, 7) is 3.69. The largest absolute Gasteiger partial charge is 0.478 e. The molecule has 0 atom stereocenters. The predicted molar refractivity (Wildman–Crippen MR) is 52.8 cm³/mol. The summed E-state index contributed by atoms with van der Waals surface area (Å²) in [5.41, 5.74) is 5.19. The smallest absolute Gasteiger partial charge is 0.327 e. The molecule has 0 unspecified atom stereocenters. The van der Waals surface area contributed by atoms with E-state index in [1.165, 1.54) is 4.90 Å². The minimum atomic E-state index is -0.981. The Morgan fingerprint density at radius 3 is 2.13 bits per heavy atom. The number of nitrogens with zero attached hydrogens (tertiary/aromatic N) is 1. The lowest BCUT2D eigenvalue weighted by atomic mass is 10.4. The van der Waals surface area contributed by atoms with Crippen molar-refractivity contribution in [3.8, 4) is 0 Å². The average Bonchev–Trinajstić information content (AvgIpc) is 2.51. The van der Waals surface area contributed by atoms with Gasteiger partial charge in [0.05, 0.1) is 0 Å². The molecule has 6 heteroatoms. The van der Waals surface area contributed by atoms with E-state index in [2.05, 4.69) is 6.58 Å². The van der Waals surface area contributed by atoms with Gasteiger partial charge in [-0.3, -0.25) is 14.5 Å². The minimum absolute atomic E-state index is 0.0875. The summed E-state index contributed by atoms with van der Waals surface area (Å²) in [5.74, 6) is -1.16. The molecule has 1 heterocycles. The van der Waals surface area contributed by atoms with Crippen molar-refractivity contribution in [3.05, 3.63) is 12.7 Å². The number of nitrogens with two attached hydrogens (primary N) is 1. The SMILES string of the molecule is C=CC(=O)O.NCCN1C(=O)CCC1=O. The molecule has 0 saturated carbocycles.